The number of carbonyl (C=O) groups is 1. The van der Waals surface area contributed by atoms with Crippen molar-refractivity contribution in [1.29, 1.82) is 0 Å². The van der Waals surface area contributed by atoms with Gasteiger partial charge in [0.2, 0.25) is 0 Å². The minimum absolute atomic E-state index is 0.141. The van der Waals surface area contributed by atoms with Crippen molar-refractivity contribution in [3.63, 3.8) is 0 Å². The van der Waals surface area contributed by atoms with E-state index in [0.717, 1.165) is 31.4 Å². The van der Waals surface area contributed by atoms with Gasteiger partial charge in [-0.15, -0.1) is 0 Å². The van der Waals surface area contributed by atoms with Gasteiger partial charge in [-0.2, -0.15) is 0 Å². The number of Topliss-reactive ketones (excluding diaryl/α,β-unsaturated/α-hetero) is 1. The first-order valence-corrected chi connectivity index (χ1v) is 6.53. The Morgan fingerprint density at radius 2 is 2.06 bits per heavy atom. The molecule has 0 N–H and O–H groups in total. The summed E-state index contributed by atoms with van der Waals surface area (Å²) in [6, 6.07) is 7.94. The first-order valence-electron chi connectivity index (χ1n) is 6.53. The molecule has 17 heavy (non-hydrogen) atoms. The third-order valence-corrected chi connectivity index (χ3v) is 3.37. The van der Waals surface area contributed by atoms with Gasteiger partial charge in [-0.25, -0.2) is 0 Å². The summed E-state index contributed by atoms with van der Waals surface area (Å²) in [6.45, 7) is 2.93. The van der Waals surface area contributed by atoms with Crippen molar-refractivity contribution in [3.05, 3.63) is 35.4 Å². The van der Waals surface area contributed by atoms with Gasteiger partial charge in [0, 0.05) is 18.6 Å². The summed E-state index contributed by atoms with van der Waals surface area (Å²) in [4.78, 5) is 12.0. The fourth-order valence-electron chi connectivity index (χ4n) is 2.22. The lowest BCUT2D eigenvalue weighted by Crippen LogP contribution is -2.22. The van der Waals surface area contributed by atoms with Crippen LogP contribution in [0.3, 0.4) is 0 Å². The maximum atomic E-state index is 12.0. The van der Waals surface area contributed by atoms with E-state index in [1.807, 2.05) is 24.3 Å². The highest BCUT2D eigenvalue weighted by Gasteiger charge is 2.18. The summed E-state index contributed by atoms with van der Waals surface area (Å²) >= 11 is 0. The molecule has 92 valence electrons. The molecule has 1 aromatic rings. The molecule has 0 saturated carbocycles. The van der Waals surface area contributed by atoms with E-state index in [4.69, 9.17) is 4.74 Å². The Morgan fingerprint density at radius 1 is 1.29 bits per heavy atom. The SMILES string of the molecule is CCc1ccc(C(=O)CC2CCCCO2)cc1. The van der Waals surface area contributed by atoms with Crippen LogP contribution in [-0.2, 0) is 11.2 Å². The molecule has 2 heteroatoms. The molecule has 0 amide bonds. The number of ketones is 1. The molecule has 0 radical (unpaired) electrons. The zero-order chi connectivity index (χ0) is 12.1. The highest BCUT2D eigenvalue weighted by Crippen LogP contribution is 2.18. The van der Waals surface area contributed by atoms with Gasteiger partial charge >= 0.3 is 0 Å². The number of hydrogen-bond acceptors (Lipinski definition) is 2. The van der Waals surface area contributed by atoms with E-state index in [0.29, 0.717) is 6.42 Å². The van der Waals surface area contributed by atoms with Crippen LogP contribution in [-0.4, -0.2) is 18.5 Å². The normalized spacial score (nSPS) is 20.2. The van der Waals surface area contributed by atoms with Gasteiger partial charge in [0.25, 0.3) is 0 Å². The Balaban J connectivity index is 1.93. The molecule has 1 aliphatic heterocycles. The predicted molar refractivity (Wildman–Crippen MR) is 68.4 cm³/mol. The molecule has 0 aromatic heterocycles. The summed E-state index contributed by atoms with van der Waals surface area (Å²) in [5.41, 5.74) is 2.09. The number of ether oxygens (including phenoxy) is 1. The van der Waals surface area contributed by atoms with Crippen molar-refractivity contribution < 1.29 is 9.53 Å². The van der Waals surface area contributed by atoms with E-state index in [9.17, 15) is 4.79 Å². The Labute approximate surface area is 103 Å². The molecular formula is C15H20O2. The van der Waals surface area contributed by atoms with Crippen LogP contribution in [0.2, 0.25) is 0 Å². The van der Waals surface area contributed by atoms with Gasteiger partial charge in [0.05, 0.1) is 6.10 Å². The Kier molecular flexibility index (Phi) is 4.32. The highest BCUT2D eigenvalue weighted by molar-refractivity contribution is 5.96. The number of hydrogen-bond donors (Lipinski definition) is 0. The second-order valence-corrected chi connectivity index (χ2v) is 4.67. The molecule has 0 aliphatic carbocycles. The van der Waals surface area contributed by atoms with Crippen molar-refractivity contribution in [1.82, 2.24) is 0 Å². The summed E-state index contributed by atoms with van der Waals surface area (Å²) in [6.07, 6.45) is 5.04. The lowest BCUT2D eigenvalue weighted by molar-refractivity contribution is 0.0129. The molecule has 0 spiro atoms. The summed E-state index contributed by atoms with van der Waals surface area (Å²) in [5, 5.41) is 0. The molecule has 0 bridgehead atoms. The summed E-state index contributed by atoms with van der Waals surface area (Å²) < 4.78 is 5.59. The van der Waals surface area contributed by atoms with E-state index in [-0.39, 0.29) is 11.9 Å². The lowest BCUT2D eigenvalue weighted by atomic mass is 9.99. The van der Waals surface area contributed by atoms with Gasteiger partial charge in [0.1, 0.15) is 0 Å². The van der Waals surface area contributed by atoms with E-state index in [1.165, 1.54) is 12.0 Å². The molecule has 2 nitrogen and oxygen atoms in total. The molecular weight excluding hydrogens is 212 g/mol. The minimum atomic E-state index is 0.141. The number of rotatable bonds is 4. The van der Waals surface area contributed by atoms with Crippen LogP contribution in [0.15, 0.2) is 24.3 Å². The molecule has 1 fully saturated rings. The first kappa shape index (κ1) is 12.3. The molecule has 2 rings (SSSR count). The average Bonchev–Trinajstić information content (AvgIpc) is 2.40. The van der Waals surface area contributed by atoms with Crippen LogP contribution in [0.4, 0.5) is 0 Å². The molecule has 1 aromatic carbocycles. The fraction of sp³-hybridized carbons (Fsp3) is 0.533. The zero-order valence-electron chi connectivity index (χ0n) is 10.4. The van der Waals surface area contributed by atoms with Gasteiger partial charge in [0.15, 0.2) is 5.78 Å². The van der Waals surface area contributed by atoms with Crippen LogP contribution in [0.1, 0.15) is 48.5 Å². The van der Waals surface area contributed by atoms with Crippen molar-refractivity contribution in [2.24, 2.45) is 0 Å². The molecule has 1 aliphatic rings. The topological polar surface area (TPSA) is 26.3 Å². The maximum Gasteiger partial charge on any atom is 0.165 e. The predicted octanol–water partition coefficient (Wildman–Crippen LogP) is 3.39. The Bertz CT molecular complexity index is 361. The van der Waals surface area contributed by atoms with Crippen molar-refractivity contribution >= 4 is 5.78 Å². The van der Waals surface area contributed by atoms with E-state index in [2.05, 4.69) is 6.92 Å². The maximum absolute atomic E-state index is 12.0. The standard InChI is InChI=1S/C15H20O2/c1-2-12-6-8-13(9-7-12)15(16)11-14-5-3-4-10-17-14/h6-9,14H,2-5,10-11H2,1H3. The zero-order valence-corrected chi connectivity index (χ0v) is 10.4. The van der Waals surface area contributed by atoms with Gasteiger partial charge in [-0.3, -0.25) is 4.79 Å². The summed E-state index contributed by atoms with van der Waals surface area (Å²) in [7, 11) is 0. The Morgan fingerprint density at radius 3 is 2.65 bits per heavy atom. The third kappa shape index (κ3) is 3.40. The average molecular weight is 232 g/mol. The second kappa shape index (κ2) is 5.97. The van der Waals surface area contributed by atoms with Crippen molar-refractivity contribution in [3.8, 4) is 0 Å². The van der Waals surface area contributed by atoms with Gasteiger partial charge in [-0.1, -0.05) is 31.2 Å². The van der Waals surface area contributed by atoms with Crippen LogP contribution >= 0.6 is 0 Å². The van der Waals surface area contributed by atoms with Crippen LogP contribution in [0, 0.1) is 0 Å². The second-order valence-electron chi connectivity index (χ2n) is 4.67. The fourth-order valence-corrected chi connectivity index (χ4v) is 2.22. The van der Waals surface area contributed by atoms with Crippen LogP contribution in [0.5, 0.6) is 0 Å². The monoisotopic (exact) mass is 232 g/mol. The minimum Gasteiger partial charge on any atom is -0.378 e. The highest BCUT2D eigenvalue weighted by atomic mass is 16.5. The van der Waals surface area contributed by atoms with E-state index >= 15 is 0 Å². The number of benzene rings is 1. The smallest absolute Gasteiger partial charge is 0.165 e. The van der Waals surface area contributed by atoms with E-state index in [1.54, 1.807) is 0 Å². The van der Waals surface area contributed by atoms with Crippen molar-refractivity contribution in [2.45, 2.75) is 45.1 Å². The van der Waals surface area contributed by atoms with Crippen LogP contribution < -0.4 is 0 Å². The molecule has 1 atom stereocenters. The van der Waals surface area contributed by atoms with Gasteiger partial charge in [-0.05, 0) is 31.2 Å². The van der Waals surface area contributed by atoms with Crippen molar-refractivity contribution in [2.75, 3.05) is 6.61 Å². The third-order valence-electron chi connectivity index (χ3n) is 3.37. The van der Waals surface area contributed by atoms with Crippen LogP contribution in [0.25, 0.3) is 0 Å². The number of aryl methyl sites for hydroxylation is 1. The molecule has 1 saturated heterocycles. The van der Waals surface area contributed by atoms with Gasteiger partial charge < -0.3 is 4.74 Å². The quantitative estimate of drug-likeness (QED) is 0.744. The van der Waals surface area contributed by atoms with E-state index < -0.39 is 0 Å². The summed E-state index contributed by atoms with van der Waals surface area (Å²) in [5.74, 6) is 0.208. The number of carbonyl (C=O) groups excluding carboxylic acids is 1. The first-order chi connectivity index (χ1) is 8.29. The Hall–Kier alpha value is -1.15. The lowest BCUT2D eigenvalue weighted by Gasteiger charge is -2.21. The molecule has 1 unspecified atom stereocenters. The molecule has 1 heterocycles. The largest absolute Gasteiger partial charge is 0.378 e.